The van der Waals surface area contributed by atoms with Gasteiger partial charge in [0.1, 0.15) is 10.1 Å². The zero-order chi connectivity index (χ0) is 21.9. The first-order valence-electron chi connectivity index (χ1n) is 12.6. The van der Waals surface area contributed by atoms with E-state index in [1.54, 1.807) is 12.1 Å². The maximum atomic E-state index is 10.9. The van der Waals surface area contributed by atoms with Gasteiger partial charge in [0.15, 0.2) is 0 Å². The van der Waals surface area contributed by atoms with Crippen molar-refractivity contribution in [3.8, 4) is 0 Å². The molecule has 0 spiro atoms. The van der Waals surface area contributed by atoms with Crippen molar-refractivity contribution in [2.45, 2.75) is 134 Å². The van der Waals surface area contributed by atoms with E-state index in [1.165, 1.54) is 121 Å². The Balaban J connectivity index is 0.00000900. The van der Waals surface area contributed by atoms with Crippen molar-refractivity contribution in [1.29, 1.82) is 0 Å². The second kappa shape index (κ2) is 21.3. The number of rotatable bonds is 20. The van der Waals surface area contributed by atoms with Crippen LogP contribution in [0.2, 0.25) is 0 Å². The fourth-order valence-corrected chi connectivity index (χ4v) is 4.52. The standard InChI is InChI=1S/C26H46O3S.K/c1-2-3-4-5-6-7-8-9-10-11-12-13-14-15-16-17-18-19-20-25-21-23-26(24-22-25)30(27,28)29;/h21-24H,2-20H2,1H3,(H,27,28,29);/q;+1/p-1. The quantitative estimate of drug-likeness (QED) is 0.148. The number of aryl methyl sites for hydroxylation is 1. The van der Waals surface area contributed by atoms with Crippen molar-refractivity contribution in [3.05, 3.63) is 29.8 Å². The second-order valence-corrected chi connectivity index (χ2v) is 10.2. The Bertz CT molecular complexity index is 614. The van der Waals surface area contributed by atoms with Crippen LogP contribution in [-0.2, 0) is 16.5 Å². The third kappa shape index (κ3) is 18.8. The van der Waals surface area contributed by atoms with E-state index in [1.807, 2.05) is 0 Å². The molecule has 1 rings (SSSR count). The molecule has 0 amide bonds. The fourth-order valence-electron chi connectivity index (χ4n) is 4.05. The average Bonchev–Trinajstić information content (AvgIpc) is 2.72. The van der Waals surface area contributed by atoms with Crippen molar-refractivity contribution >= 4 is 10.1 Å². The van der Waals surface area contributed by atoms with Crippen LogP contribution < -0.4 is 51.4 Å². The molecule has 0 atom stereocenters. The summed E-state index contributed by atoms with van der Waals surface area (Å²) in [5.41, 5.74) is 1.11. The fraction of sp³-hybridized carbons (Fsp3) is 0.769. The summed E-state index contributed by atoms with van der Waals surface area (Å²) in [5.74, 6) is 0. The zero-order valence-electron chi connectivity index (χ0n) is 20.4. The average molecular weight is 477 g/mol. The second-order valence-electron chi connectivity index (χ2n) is 8.86. The van der Waals surface area contributed by atoms with Crippen LogP contribution in [0.4, 0.5) is 0 Å². The van der Waals surface area contributed by atoms with Gasteiger partial charge in [-0.1, -0.05) is 128 Å². The maximum Gasteiger partial charge on any atom is 1.00 e. The van der Waals surface area contributed by atoms with Crippen LogP contribution in [0.3, 0.4) is 0 Å². The van der Waals surface area contributed by atoms with Crippen molar-refractivity contribution < 1.29 is 64.4 Å². The molecule has 0 radical (unpaired) electrons. The molecule has 0 aliphatic rings. The van der Waals surface area contributed by atoms with E-state index >= 15 is 0 Å². The molecule has 0 aliphatic carbocycles. The number of hydrogen-bond donors (Lipinski definition) is 0. The third-order valence-electron chi connectivity index (χ3n) is 6.03. The molecule has 0 saturated heterocycles. The minimum Gasteiger partial charge on any atom is -0.744 e. The molecule has 0 aromatic heterocycles. The summed E-state index contributed by atoms with van der Waals surface area (Å²) < 4.78 is 32.8. The van der Waals surface area contributed by atoms with Gasteiger partial charge < -0.3 is 4.55 Å². The number of benzene rings is 1. The first-order chi connectivity index (χ1) is 14.5. The Morgan fingerprint density at radius 1 is 0.581 bits per heavy atom. The van der Waals surface area contributed by atoms with Crippen molar-refractivity contribution in [3.63, 3.8) is 0 Å². The monoisotopic (exact) mass is 476 g/mol. The molecular weight excluding hydrogens is 431 g/mol. The molecular formula is C26H45KO3S. The van der Waals surface area contributed by atoms with Gasteiger partial charge in [0.25, 0.3) is 0 Å². The Hall–Kier alpha value is 0.766. The Morgan fingerprint density at radius 2 is 0.903 bits per heavy atom. The summed E-state index contributed by atoms with van der Waals surface area (Å²) in [5, 5.41) is 0. The summed E-state index contributed by atoms with van der Waals surface area (Å²) in [7, 11) is -4.32. The summed E-state index contributed by atoms with van der Waals surface area (Å²) in [6, 6.07) is 6.37. The van der Waals surface area contributed by atoms with Crippen LogP contribution >= 0.6 is 0 Å². The van der Waals surface area contributed by atoms with Gasteiger partial charge in [0.05, 0.1) is 4.90 Å². The van der Waals surface area contributed by atoms with E-state index in [0.717, 1.165) is 18.4 Å². The molecule has 1 aromatic rings. The normalized spacial score (nSPS) is 11.4. The molecule has 0 unspecified atom stereocenters. The zero-order valence-corrected chi connectivity index (χ0v) is 24.3. The predicted molar refractivity (Wildman–Crippen MR) is 127 cm³/mol. The van der Waals surface area contributed by atoms with Gasteiger partial charge in [-0.05, 0) is 30.5 Å². The van der Waals surface area contributed by atoms with Gasteiger partial charge in [0, 0.05) is 0 Å². The minimum absolute atomic E-state index is 0. The van der Waals surface area contributed by atoms with Crippen LogP contribution in [0.15, 0.2) is 29.2 Å². The van der Waals surface area contributed by atoms with Gasteiger partial charge in [-0.2, -0.15) is 0 Å². The third-order valence-corrected chi connectivity index (χ3v) is 6.88. The molecule has 0 bridgehead atoms. The molecule has 0 fully saturated rings. The molecule has 0 heterocycles. The first-order valence-corrected chi connectivity index (χ1v) is 14.0. The smallest absolute Gasteiger partial charge is 0.744 e. The van der Waals surface area contributed by atoms with Crippen LogP contribution in [0, 0.1) is 0 Å². The molecule has 174 valence electrons. The van der Waals surface area contributed by atoms with E-state index in [0.29, 0.717) is 0 Å². The van der Waals surface area contributed by atoms with E-state index in [4.69, 9.17) is 0 Å². The Morgan fingerprint density at radius 3 is 1.23 bits per heavy atom. The first kappa shape index (κ1) is 31.8. The number of unbranched alkanes of at least 4 members (excludes halogenated alkanes) is 17. The molecule has 5 heteroatoms. The summed E-state index contributed by atoms with van der Waals surface area (Å²) >= 11 is 0. The summed E-state index contributed by atoms with van der Waals surface area (Å²) in [6.45, 7) is 2.28. The predicted octanol–water partition coefficient (Wildman–Crippen LogP) is 5.18. The Labute approximate surface area is 235 Å². The van der Waals surface area contributed by atoms with Crippen LogP contribution in [0.1, 0.15) is 128 Å². The van der Waals surface area contributed by atoms with Crippen LogP contribution in [0.25, 0.3) is 0 Å². The molecule has 0 N–H and O–H groups in total. The van der Waals surface area contributed by atoms with Gasteiger partial charge in [-0.15, -0.1) is 0 Å². The summed E-state index contributed by atoms with van der Waals surface area (Å²) in [6.07, 6.45) is 25.7. The van der Waals surface area contributed by atoms with Crippen molar-refractivity contribution in [1.82, 2.24) is 0 Å². The maximum absolute atomic E-state index is 10.9. The van der Waals surface area contributed by atoms with Crippen molar-refractivity contribution in [2.24, 2.45) is 0 Å². The van der Waals surface area contributed by atoms with E-state index in [2.05, 4.69) is 6.92 Å². The summed E-state index contributed by atoms with van der Waals surface area (Å²) in [4.78, 5) is -0.135. The topological polar surface area (TPSA) is 57.2 Å². The van der Waals surface area contributed by atoms with E-state index in [-0.39, 0.29) is 56.3 Å². The van der Waals surface area contributed by atoms with E-state index < -0.39 is 10.1 Å². The van der Waals surface area contributed by atoms with Gasteiger partial charge in [-0.3, -0.25) is 0 Å². The largest absolute Gasteiger partial charge is 1.00 e. The molecule has 1 aromatic carbocycles. The number of hydrogen-bond acceptors (Lipinski definition) is 3. The SMILES string of the molecule is CCCCCCCCCCCCCCCCCCCCc1ccc(S(=O)(=O)[O-])cc1.[K+]. The van der Waals surface area contributed by atoms with Gasteiger partial charge in [-0.25, -0.2) is 8.42 Å². The Kier molecular flexibility index (Phi) is 21.8. The molecule has 3 nitrogen and oxygen atoms in total. The van der Waals surface area contributed by atoms with Gasteiger partial charge >= 0.3 is 51.4 Å². The van der Waals surface area contributed by atoms with Crippen LogP contribution in [0.5, 0.6) is 0 Å². The van der Waals surface area contributed by atoms with Crippen molar-refractivity contribution in [2.75, 3.05) is 0 Å². The van der Waals surface area contributed by atoms with Crippen LogP contribution in [-0.4, -0.2) is 13.0 Å². The molecule has 0 aliphatic heterocycles. The molecule has 0 saturated carbocycles. The minimum atomic E-state index is -4.32. The molecule has 31 heavy (non-hydrogen) atoms. The van der Waals surface area contributed by atoms with Gasteiger partial charge in [0.2, 0.25) is 0 Å². The van der Waals surface area contributed by atoms with E-state index in [9.17, 15) is 13.0 Å².